The van der Waals surface area contributed by atoms with E-state index in [4.69, 9.17) is 10.5 Å². The van der Waals surface area contributed by atoms with Crippen LogP contribution >= 0.6 is 12.4 Å². The number of benzene rings is 1. The summed E-state index contributed by atoms with van der Waals surface area (Å²) in [6.07, 6.45) is 2.97. The first kappa shape index (κ1) is 18.3. The fraction of sp³-hybridized carbons (Fsp3) is 0.647. The lowest BCUT2D eigenvalue weighted by molar-refractivity contribution is -0.0299. The second kappa shape index (κ2) is 6.99. The number of rotatable bonds is 4. The van der Waals surface area contributed by atoms with Crippen LogP contribution in [0, 0.1) is 0 Å². The van der Waals surface area contributed by atoms with Crippen LogP contribution in [0.5, 0.6) is 5.75 Å². The topological polar surface area (TPSA) is 55.5 Å². The molecule has 0 spiro atoms. The Kier molecular flexibility index (Phi) is 6.09. The molecule has 1 aromatic carbocycles. The third-order valence-corrected chi connectivity index (χ3v) is 4.80. The van der Waals surface area contributed by atoms with Crippen LogP contribution in [0.25, 0.3) is 0 Å². The summed E-state index contributed by atoms with van der Waals surface area (Å²) in [5.74, 6) is 0.324. The lowest BCUT2D eigenvalue weighted by atomic mass is 9.63. The van der Waals surface area contributed by atoms with E-state index in [9.17, 15) is 5.11 Å². The number of fused-ring (bicyclic) bond motifs is 1. The summed E-state index contributed by atoms with van der Waals surface area (Å²) >= 11 is 0. The van der Waals surface area contributed by atoms with E-state index >= 15 is 0 Å². The molecule has 0 aromatic heterocycles. The minimum Gasteiger partial charge on any atom is -0.508 e. The maximum Gasteiger partial charge on any atom is 0.115 e. The van der Waals surface area contributed by atoms with Crippen molar-refractivity contribution in [3.63, 3.8) is 0 Å². The molecule has 0 bridgehead atoms. The number of hydrogen-bond donors (Lipinski definition) is 2. The molecule has 0 saturated carbocycles. The van der Waals surface area contributed by atoms with Gasteiger partial charge in [0.05, 0.1) is 12.2 Å². The maximum atomic E-state index is 9.84. The zero-order valence-corrected chi connectivity index (χ0v) is 14.2. The van der Waals surface area contributed by atoms with Gasteiger partial charge in [-0.25, -0.2) is 0 Å². The molecule has 0 aliphatic heterocycles. The predicted molar refractivity (Wildman–Crippen MR) is 89.3 cm³/mol. The molecule has 0 saturated heterocycles. The van der Waals surface area contributed by atoms with E-state index in [-0.39, 0.29) is 36.1 Å². The van der Waals surface area contributed by atoms with Crippen molar-refractivity contribution < 1.29 is 9.84 Å². The molecule has 0 unspecified atom stereocenters. The average Bonchev–Trinajstić information content (AvgIpc) is 2.41. The number of ether oxygens (including phenoxy) is 1. The van der Waals surface area contributed by atoms with Crippen LogP contribution in [0.4, 0.5) is 0 Å². The molecule has 3 nitrogen and oxygen atoms in total. The third kappa shape index (κ3) is 3.20. The average molecular weight is 314 g/mol. The minimum absolute atomic E-state index is 0. The van der Waals surface area contributed by atoms with Crippen LogP contribution in [-0.4, -0.2) is 23.4 Å². The van der Waals surface area contributed by atoms with Gasteiger partial charge in [0.25, 0.3) is 0 Å². The zero-order valence-electron chi connectivity index (χ0n) is 13.4. The number of aromatic hydroxyl groups is 1. The Labute approximate surface area is 134 Å². The van der Waals surface area contributed by atoms with Gasteiger partial charge >= 0.3 is 0 Å². The molecule has 2 atom stereocenters. The van der Waals surface area contributed by atoms with E-state index in [0.29, 0.717) is 5.75 Å². The Morgan fingerprint density at radius 3 is 2.48 bits per heavy atom. The first-order chi connectivity index (χ1) is 9.44. The smallest absolute Gasteiger partial charge is 0.115 e. The summed E-state index contributed by atoms with van der Waals surface area (Å²) in [5, 5.41) is 9.84. The van der Waals surface area contributed by atoms with Gasteiger partial charge in [0.2, 0.25) is 0 Å². The molecule has 2 rings (SSSR count). The summed E-state index contributed by atoms with van der Waals surface area (Å²) in [5.41, 5.74) is 8.95. The Morgan fingerprint density at radius 1 is 1.33 bits per heavy atom. The molecular weight excluding hydrogens is 286 g/mol. The monoisotopic (exact) mass is 313 g/mol. The van der Waals surface area contributed by atoms with Crippen molar-refractivity contribution in [3.8, 4) is 5.75 Å². The van der Waals surface area contributed by atoms with Gasteiger partial charge in [-0.1, -0.05) is 19.9 Å². The molecule has 0 amide bonds. The SMILES string of the molecule is CCC1(CC)c2cc(O)ccc2C[C@@H](OC(C)C)[C@@H]1N.Cl. The van der Waals surface area contributed by atoms with Gasteiger partial charge in [0.1, 0.15) is 5.75 Å². The fourth-order valence-corrected chi connectivity index (χ4v) is 3.67. The Balaban J connectivity index is 0.00000220. The van der Waals surface area contributed by atoms with Gasteiger partial charge in [-0.15, -0.1) is 12.4 Å². The summed E-state index contributed by atoms with van der Waals surface area (Å²) in [7, 11) is 0. The highest BCUT2D eigenvalue weighted by molar-refractivity contribution is 5.85. The summed E-state index contributed by atoms with van der Waals surface area (Å²) in [6, 6.07) is 5.65. The van der Waals surface area contributed by atoms with E-state index in [1.54, 1.807) is 6.07 Å². The van der Waals surface area contributed by atoms with Gasteiger partial charge < -0.3 is 15.6 Å². The molecule has 1 aliphatic carbocycles. The van der Waals surface area contributed by atoms with Crippen molar-refractivity contribution in [3.05, 3.63) is 29.3 Å². The summed E-state index contributed by atoms with van der Waals surface area (Å²) in [6.45, 7) is 8.46. The van der Waals surface area contributed by atoms with Crippen LogP contribution in [0.1, 0.15) is 51.7 Å². The van der Waals surface area contributed by atoms with Crippen LogP contribution in [0.3, 0.4) is 0 Å². The number of halogens is 1. The lowest BCUT2D eigenvalue weighted by Gasteiger charge is -2.47. The van der Waals surface area contributed by atoms with Crippen molar-refractivity contribution in [2.45, 2.75) is 70.6 Å². The molecule has 4 heteroatoms. The van der Waals surface area contributed by atoms with Crippen LogP contribution in [0.2, 0.25) is 0 Å². The van der Waals surface area contributed by atoms with E-state index in [0.717, 1.165) is 19.3 Å². The number of phenolic OH excluding ortho intramolecular Hbond substituents is 1. The quantitative estimate of drug-likeness (QED) is 0.893. The zero-order chi connectivity index (χ0) is 14.9. The maximum absolute atomic E-state index is 9.84. The van der Waals surface area contributed by atoms with Crippen LogP contribution < -0.4 is 5.73 Å². The third-order valence-electron chi connectivity index (χ3n) is 4.80. The summed E-state index contributed by atoms with van der Waals surface area (Å²) < 4.78 is 6.06. The molecule has 0 fully saturated rings. The number of phenols is 1. The molecular formula is C17H28ClNO2. The molecule has 21 heavy (non-hydrogen) atoms. The van der Waals surface area contributed by atoms with Gasteiger partial charge in [-0.3, -0.25) is 0 Å². The van der Waals surface area contributed by atoms with Crippen molar-refractivity contribution in [1.82, 2.24) is 0 Å². The highest BCUT2D eigenvalue weighted by atomic mass is 35.5. The van der Waals surface area contributed by atoms with Gasteiger partial charge in [0.15, 0.2) is 0 Å². The number of nitrogens with two attached hydrogens (primary N) is 1. The molecule has 1 aliphatic rings. The standard InChI is InChI=1S/C17H27NO2.ClH/c1-5-17(6-2)14-10-13(19)8-7-12(14)9-15(16(17)18)20-11(3)4;/h7-8,10-11,15-16,19H,5-6,9,18H2,1-4H3;1H/t15-,16+;/m1./s1. The minimum atomic E-state index is -0.105. The van der Waals surface area contributed by atoms with Gasteiger partial charge in [-0.2, -0.15) is 0 Å². The molecule has 120 valence electrons. The Bertz CT molecular complexity index is 472. The lowest BCUT2D eigenvalue weighted by Crippen LogP contribution is -2.57. The van der Waals surface area contributed by atoms with E-state index < -0.39 is 0 Å². The molecule has 0 heterocycles. The van der Waals surface area contributed by atoms with Gasteiger partial charge in [-0.05, 0) is 49.9 Å². The fourth-order valence-electron chi connectivity index (χ4n) is 3.67. The number of hydrogen-bond acceptors (Lipinski definition) is 3. The van der Waals surface area contributed by atoms with Gasteiger partial charge in [0, 0.05) is 17.9 Å². The van der Waals surface area contributed by atoms with Crippen LogP contribution in [0.15, 0.2) is 18.2 Å². The molecule has 3 N–H and O–H groups in total. The predicted octanol–water partition coefficient (Wildman–Crippen LogP) is 3.55. The first-order valence-electron chi connectivity index (χ1n) is 7.68. The second-order valence-electron chi connectivity index (χ2n) is 6.16. The van der Waals surface area contributed by atoms with Crippen molar-refractivity contribution in [1.29, 1.82) is 0 Å². The van der Waals surface area contributed by atoms with Crippen molar-refractivity contribution >= 4 is 12.4 Å². The highest BCUT2D eigenvalue weighted by Crippen LogP contribution is 2.44. The molecule has 0 radical (unpaired) electrons. The first-order valence-corrected chi connectivity index (χ1v) is 7.68. The van der Waals surface area contributed by atoms with Crippen molar-refractivity contribution in [2.24, 2.45) is 5.73 Å². The van der Waals surface area contributed by atoms with Crippen molar-refractivity contribution in [2.75, 3.05) is 0 Å². The largest absolute Gasteiger partial charge is 0.508 e. The Hall–Kier alpha value is -0.770. The van der Waals surface area contributed by atoms with E-state index in [1.807, 2.05) is 12.1 Å². The Morgan fingerprint density at radius 2 is 1.95 bits per heavy atom. The highest BCUT2D eigenvalue weighted by Gasteiger charge is 2.45. The second-order valence-corrected chi connectivity index (χ2v) is 6.16. The van der Waals surface area contributed by atoms with E-state index in [1.165, 1.54) is 11.1 Å². The molecule has 1 aromatic rings. The normalized spacial score (nSPS) is 23.5. The van der Waals surface area contributed by atoms with E-state index in [2.05, 4.69) is 27.7 Å². The van der Waals surface area contributed by atoms with Crippen LogP contribution in [-0.2, 0) is 16.6 Å². The summed E-state index contributed by atoms with van der Waals surface area (Å²) in [4.78, 5) is 0.